The third-order valence-electron chi connectivity index (χ3n) is 3.72. The van der Waals surface area contributed by atoms with Gasteiger partial charge in [0.2, 0.25) is 0 Å². The Bertz CT molecular complexity index is 595. The maximum absolute atomic E-state index is 11.8. The van der Waals surface area contributed by atoms with Crippen molar-refractivity contribution in [1.82, 2.24) is 0 Å². The number of nitriles is 1. The van der Waals surface area contributed by atoms with E-state index in [2.05, 4.69) is 12.6 Å². The van der Waals surface area contributed by atoms with E-state index in [1.807, 2.05) is 6.92 Å². The molecular formula is C17H19Cl2NO2. The van der Waals surface area contributed by atoms with Crippen molar-refractivity contribution < 1.29 is 9.53 Å². The molecule has 0 heterocycles. The number of ether oxygens (including phenoxy) is 1. The number of hydrogen-bond acceptors (Lipinski definition) is 3. The summed E-state index contributed by atoms with van der Waals surface area (Å²) >= 11 is 12.0. The quantitative estimate of drug-likeness (QED) is 0.523. The van der Waals surface area contributed by atoms with Gasteiger partial charge in [-0.05, 0) is 30.5 Å². The van der Waals surface area contributed by atoms with E-state index in [1.165, 1.54) is 13.2 Å². The molecule has 1 aromatic carbocycles. The monoisotopic (exact) mass is 339 g/mol. The van der Waals surface area contributed by atoms with Crippen molar-refractivity contribution in [2.24, 2.45) is 5.92 Å². The van der Waals surface area contributed by atoms with Gasteiger partial charge in [-0.25, -0.2) is 0 Å². The molecule has 0 saturated heterocycles. The zero-order valence-corrected chi connectivity index (χ0v) is 14.2. The standard InChI is InChI=1S/C17H19Cl2NO2/c1-4-8-17(11-20,10-12(5-2)16(21)22-3)13-6-7-14(18)15(19)9-13/h5-7,9,12H,2,4,8,10H2,1,3H3. The molecule has 1 rings (SSSR count). The largest absolute Gasteiger partial charge is 0.469 e. The fraction of sp³-hybridized carbons (Fsp3) is 0.412. The van der Waals surface area contributed by atoms with Crippen LogP contribution in [0.1, 0.15) is 31.7 Å². The molecule has 0 aromatic heterocycles. The minimum Gasteiger partial charge on any atom is -0.469 e. The van der Waals surface area contributed by atoms with Crippen LogP contribution in [0.2, 0.25) is 10.0 Å². The molecular weight excluding hydrogens is 321 g/mol. The Morgan fingerprint density at radius 3 is 2.64 bits per heavy atom. The van der Waals surface area contributed by atoms with Crippen molar-refractivity contribution in [1.29, 1.82) is 5.26 Å². The molecule has 2 unspecified atom stereocenters. The van der Waals surface area contributed by atoms with Gasteiger partial charge in [-0.1, -0.05) is 48.7 Å². The molecule has 1 aromatic rings. The lowest BCUT2D eigenvalue weighted by Gasteiger charge is -2.29. The first-order chi connectivity index (χ1) is 10.4. The highest BCUT2D eigenvalue weighted by molar-refractivity contribution is 6.42. The van der Waals surface area contributed by atoms with E-state index in [1.54, 1.807) is 18.2 Å². The van der Waals surface area contributed by atoms with Crippen LogP contribution in [0.15, 0.2) is 30.9 Å². The number of carbonyl (C=O) groups excluding carboxylic acids is 1. The summed E-state index contributed by atoms with van der Waals surface area (Å²) in [5.41, 5.74) is -0.0854. The van der Waals surface area contributed by atoms with Crippen LogP contribution in [0.4, 0.5) is 0 Å². The van der Waals surface area contributed by atoms with Crippen molar-refractivity contribution in [3.8, 4) is 6.07 Å². The Kier molecular flexibility index (Phi) is 6.93. The third kappa shape index (κ3) is 4.03. The summed E-state index contributed by atoms with van der Waals surface area (Å²) in [6, 6.07) is 7.51. The van der Waals surface area contributed by atoms with Crippen molar-refractivity contribution in [2.45, 2.75) is 31.6 Å². The molecule has 0 amide bonds. The van der Waals surface area contributed by atoms with E-state index in [0.717, 1.165) is 12.0 Å². The Morgan fingerprint density at radius 2 is 2.18 bits per heavy atom. The number of nitrogens with zero attached hydrogens (tertiary/aromatic N) is 1. The maximum atomic E-state index is 11.8. The lowest BCUT2D eigenvalue weighted by molar-refractivity contribution is -0.144. The summed E-state index contributed by atoms with van der Waals surface area (Å²) < 4.78 is 4.78. The number of rotatable bonds is 7. The van der Waals surface area contributed by atoms with Crippen LogP contribution in [0.25, 0.3) is 0 Å². The average Bonchev–Trinajstić information content (AvgIpc) is 2.53. The lowest BCUT2D eigenvalue weighted by atomic mass is 9.72. The minimum absolute atomic E-state index is 0.297. The summed E-state index contributed by atoms with van der Waals surface area (Å²) in [4.78, 5) is 11.8. The zero-order chi connectivity index (χ0) is 16.8. The summed E-state index contributed by atoms with van der Waals surface area (Å²) in [5.74, 6) is -0.948. The molecule has 3 nitrogen and oxygen atoms in total. The number of hydrogen-bond donors (Lipinski definition) is 0. The van der Waals surface area contributed by atoms with Gasteiger partial charge in [-0.15, -0.1) is 6.58 Å². The van der Waals surface area contributed by atoms with Gasteiger partial charge in [-0.3, -0.25) is 4.79 Å². The molecule has 0 saturated carbocycles. The fourth-order valence-corrected chi connectivity index (χ4v) is 2.84. The molecule has 0 N–H and O–H groups in total. The first-order valence-corrected chi connectivity index (χ1v) is 7.76. The predicted octanol–water partition coefficient (Wildman–Crippen LogP) is 4.92. The van der Waals surface area contributed by atoms with E-state index in [9.17, 15) is 10.1 Å². The molecule has 0 fully saturated rings. The van der Waals surface area contributed by atoms with Crippen LogP contribution in [0.3, 0.4) is 0 Å². The van der Waals surface area contributed by atoms with Crippen LogP contribution in [-0.4, -0.2) is 13.1 Å². The van der Waals surface area contributed by atoms with E-state index >= 15 is 0 Å². The Hall–Kier alpha value is -1.50. The van der Waals surface area contributed by atoms with Gasteiger partial charge in [-0.2, -0.15) is 5.26 Å². The Labute approximate surface area is 141 Å². The highest BCUT2D eigenvalue weighted by atomic mass is 35.5. The first-order valence-electron chi connectivity index (χ1n) is 7.01. The summed E-state index contributed by atoms with van der Waals surface area (Å²) in [7, 11) is 1.33. The van der Waals surface area contributed by atoms with Gasteiger partial charge in [0.05, 0.1) is 34.6 Å². The van der Waals surface area contributed by atoms with Gasteiger partial charge < -0.3 is 4.74 Å². The molecule has 0 aliphatic rings. The van der Waals surface area contributed by atoms with Crippen molar-refractivity contribution >= 4 is 29.2 Å². The number of benzene rings is 1. The Balaban J connectivity index is 3.30. The van der Waals surface area contributed by atoms with E-state index < -0.39 is 17.3 Å². The highest BCUT2D eigenvalue weighted by Gasteiger charge is 2.36. The van der Waals surface area contributed by atoms with Crippen molar-refractivity contribution in [3.05, 3.63) is 46.5 Å². The highest BCUT2D eigenvalue weighted by Crippen LogP contribution is 2.38. The normalized spacial score (nSPS) is 14.5. The molecule has 0 bridgehead atoms. The summed E-state index contributed by atoms with van der Waals surface area (Å²) in [6.45, 7) is 5.67. The lowest BCUT2D eigenvalue weighted by Crippen LogP contribution is -2.30. The van der Waals surface area contributed by atoms with Gasteiger partial charge in [0.15, 0.2) is 0 Å². The first kappa shape index (κ1) is 18.5. The second-order valence-electron chi connectivity index (χ2n) is 5.14. The molecule has 22 heavy (non-hydrogen) atoms. The summed E-state index contributed by atoms with van der Waals surface area (Å²) in [5, 5.41) is 10.6. The average molecular weight is 340 g/mol. The molecule has 0 spiro atoms. The SMILES string of the molecule is C=CC(CC(C#N)(CCC)c1ccc(Cl)c(Cl)c1)C(=O)OC. The second-order valence-corrected chi connectivity index (χ2v) is 5.96. The molecule has 0 radical (unpaired) electrons. The van der Waals surface area contributed by atoms with Crippen molar-refractivity contribution in [3.63, 3.8) is 0 Å². The minimum atomic E-state index is -0.837. The van der Waals surface area contributed by atoms with Gasteiger partial charge in [0.25, 0.3) is 0 Å². The topological polar surface area (TPSA) is 50.1 Å². The molecule has 118 valence electrons. The zero-order valence-electron chi connectivity index (χ0n) is 12.7. The molecule has 0 aliphatic heterocycles. The van der Waals surface area contributed by atoms with Gasteiger partial charge in [0.1, 0.15) is 0 Å². The van der Waals surface area contributed by atoms with Crippen molar-refractivity contribution in [2.75, 3.05) is 7.11 Å². The number of esters is 1. The van der Waals surface area contributed by atoms with Crippen LogP contribution < -0.4 is 0 Å². The number of carbonyl (C=O) groups is 1. The molecule has 2 atom stereocenters. The smallest absolute Gasteiger partial charge is 0.312 e. The van der Waals surface area contributed by atoms with E-state index in [4.69, 9.17) is 27.9 Å². The van der Waals surface area contributed by atoms with Gasteiger partial charge in [0, 0.05) is 0 Å². The predicted molar refractivity (Wildman–Crippen MR) is 89.0 cm³/mol. The van der Waals surface area contributed by atoms with Gasteiger partial charge >= 0.3 is 5.97 Å². The number of methoxy groups -OCH3 is 1. The fourth-order valence-electron chi connectivity index (χ4n) is 2.54. The summed E-state index contributed by atoms with van der Waals surface area (Å²) in [6.07, 6.45) is 3.21. The van der Waals surface area contributed by atoms with Crippen LogP contribution in [0.5, 0.6) is 0 Å². The van der Waals surface area contributed by atoms with Crippen LogP contribution >= 0.6 is 23.2 Å². The van der Waals surface area contributed by atoms with Crippen LogP contribution in [0, 0.1) is 17.2 Å². The third-order valence-corrected chi connectivity index (χ3v) is 4.46. The van der Waals surface area contributed by atoms with Crippen LogP contribution in [-0.2, 0) is 14.9 Å². The molecule has 0 aliphatic carbocycles. The number of halogens is 2. The van der Waals surface area contributed by atoms with E-state index in [0.29, 0.717) is 22.9 Å². The second kappa shape index (κ2) is 8.22. The molecule has 5 heteroatoms. The maximum Gasteiger partial charge on any atom is 0.312 e. The Morgan fingerprint density at radius 1 is 1.50 bits per heavy atom. The van der Waals surface area contributed by atoms with E-state index in [-0.39, 0.29) is 0 Å².